The molecular formula is C7H18N2O. The van der Waals surface area contributed by atoms with E-state index in [1.165, 1.54) is 0 Å². The second-order valence-corrected chi connectivity index (χ2v) is 2.86. The molecule has 3 nitrogen and oxygen atoms in total. The fourth-order valence-corrected chi connectivity index (χ4v) is 0.708. The molecule has 0 heterocycles. The molecule has 0 bridgehead atoms. The van der Waals surface area contributed by atoms with Gasteiger partial charge >= 0.3 is 0 Å². The Labute approximate surface area is 62.4 Å². The van der Waals surface area contributed by atoms with Crippen molar-refractivity contribution in [3.63, 3.8) is 0 Å². The maximum Gasteiger partial charge on any atom is 0.0582 e. The van der Waals surface area contributed by atoms with Gasteiger partial charge in [-0.15, -0.1) is 0 Å². The van der Waals surface area contributed by atoms with Crippen molar-refractivity contribution < 1.29 is 5.11 Å². The Balaban J connectivity index is 3.17. The van der Waals surface area contributed by atoms with Crippen molar-refractivity contribution >= 4 is 0 Å². The third-order valence-corrected chi connectivity index (χ3v) is 1.67. The summed E-state index contributed by atoms with van der Waals surface area (Å²) in [5.41, 5.74) is 10.9. The number of aliphatic hydroxyl groups excluding tert-OH is 1. The van der Waals surface area contributed by atoms with Crippen LogP contribution in [0.1, 0.15) is 19.8 Å². The average Bonchev–Trinajstić information content (AvgIpc) is 1.99. The van der Waals surface area contributed by atoms with Crippen LogP contribution < -0.4 is 11.5 Å². The lowest BCUT2D eigenvalue weighted by atomic mass is 10.0. The fourth-order valence-electron chi connectivity index (χ4n) is 0.708. The molecule has 0 fully saturated rings. The van der Waals surface area contributed by atoms with Gasteiger partial charge in [0.25, 0.3) is 0 Å². The first-order chi connectivity index (χ1) is 4.70. The monoisotopic (exact) mass is 146 g/mol. The van der Waals surface area contributed by atoms with Gasteiger partial charge in [0.05, 0.1) is 6.61 Å². The molecule has 0 aromatic rings. The lowest BCUT2D eigenvalue weighted by Crippen LogP contribution is -2.25. The van der Waals surface area contributed by atoms with Crippen LogP contribution in [0.15, 0.2) is 0 Å². The van der Waals surface area contributed by atoms with Gasteiger partial charge < -0.3 is 16.6 Å². The molecule has 2 unspecified atom stereocenters. The van der Waals surface area contributed by atoms with Crippen LogP contribution in [-0.4, -0.2) is 24.3 Å². The molecule has 0 spiro atoms. The Morgan fingerprint density at radius 1 is 1.40 bits per heavy atom. The molecule has 10 heavy (non-hydrogen) atoms. The normalized spacial score (nSPS) is 16.8. The minimum absolute atomic E-state index is 0.0611. The number of hydrogen-bond donors (Lipinski definition) is 3. The molecule has 2 atom stereocenters. The molecule has 0 aromatic heterocycles. The Morgan fingerprint density at radius 2 is 2.00 bits per heavy atom. The largest absolute Gasteiger partial charge is 0.395 e. The Morgan fingerprint density at radius 3 is 2.40 bits per heavy atom. The number of aliphatic hydroxyl groups is 1. The average molecular weight is 146 g/mol. The summed E-state index contributed by atoms with van der Waals surface area (Å²) in [4.78, 5) is 0. The molecule has 62 valence electrons. The molecule has 0 aliphatic heterocycles. The van der Waals surface area contributed by atoms with Gasteiger partial charge in [-0.2, -0.15) is 0 Å². The van der Waals surface area contributed by atoms with E-state index >= 15 is 0 Å². The molecule has 0 saturated carbocycles. The van der Waals surface area contributed by atoms with Gasteiger partial charge in [0, 0.05) is 6.04 Å². The molecule has 0 aromatic carbocycles. The summed E-state index contributed by atoms with van der Waals surface area (Å²) >= 11 is 0. The van der Waals surface area contributed by atoms with E-state index in [1.807, 2.05) is 0 Å². The highest BCUT2D eigenvalue weighted by molar-refractivity contribution is 4.62. The zero-order valence-corrected chi connectivity index (χ0v) is 6.59. The van der Waals surface area contributed by atoms with Crippen molar-refractivity contribution in [2.75, 3.05) is 13.2 Å². The van der Waals surface area contributed by atoms with Gasteiger partial charge in [0.15, 0.2) is 0 Å². The quantitative estimate of drug-likeness (QED) is 0.498. The number of rotatable bonds is 5. The van der Waals surface area contributed by atoms with E-state index in [2.05, 4.69) is 6.92 Å². The Kier molecular flexibility index (Phi) is 5.58. The van der Waals surface area contributed by atoms with Gasteiger partial charge in [-0.05, 0) is 25.3 Å². The smallest absolute Gasteiger partial charge is 0.0582 e. The SMILES string of the molecule is CC(CN)CCC(N)CO. The summed E-state index contributed by atoms with van der Waals surface area (Å²) in [6, 6.07) is -0.0611. The van der Waals surface area contributed by atoms with Crippen LogP contribution in [0.3, 0.4) is 0 Å². The lowest BCUT2D eigenvalue weighted by molar-refractivity contribution is 0.254. The summed E-state index contributed by atoms with van der Waals surface area (Å²) in [6.07, 6.45) is 1.88. The molecule has 0 aliphatic carbocycles. The summed E-state index contributed by atoms with van der Waals surface area (Å²) < 4.78 is 0. The van der Waals surface area contributed by atoms with E-state index in [0.29, 0.717) is 12.5 Å². The van der Waals surface area contributed by atoms with Gasteiger partial charge in [-0.25, -0.2) is 0 Å². The molecule has 0 saturated heterocycles. The van der Waals surface area contributed by atoms with E-state index in [-0.39, 0.29) is 12.6 Å². The molecule has 0 aliphatic rings. The minimum atomic E-state index is -0.0611. The molecule has 3 heteroatoms. The first kappa shape index (κ1) is 9.88. The predicted molar refractivity (Wildman–Crippen MR) is 42.5 cm³/mol. The van der Waals surface area contributed by atoms with E-state index in [9.17, 15) is 0 Å². The molecule has 0 amide bonds. The second kappa shape index (κ2) is 5.65. The molecule has 0 rings (SSSR count). The van der Waals surface area contributed by atoms with Gasteiger partial charge in [-0.3, -0.25) is 0 Å². The third kappa shape index (κ3) is 4.73. The second-order valence-electron chi connectivity index (χ2n) is 2.86. The van der Waals surface area contributed by atoms with Crippen molar-refractivity contribution in [2.24, 2.45) is 17.4 Å². The van der Waals surface area contributed by atoms with Crippen LogP contribution >= 0.6 is 0 Å². The van der Waals surface area contributed by atoms with Gasteiger partial charge in [0.2, 0.25) is 0 Å². The summed E-state index contributed by atoms with van der Waals surface area (Å²) in [6.45, 7) is 2.87. The summed E-state index contributed by atoms with van der Waals surface area (Å²) in [7, 11) is 0. The zero-order chi connectivity index (χ0) is 7.98. The van der Waals surface area contributed by atoms with Crippen molar-refractivity contribution in [2.45, 2.75) is 25.8 Å². The number of nitrogens with two attached hydrogens (primary N) is 2. The minimum Gasteiger partial charge on any atom is -0.395 e. The van der Waals surface area contributed by atoms with E-state index in [4.69, 9.17) is 16.6 Å². The van der Waals surface area contributed by atoms with Crippen molar-refractivity contribution in [3.8, 4) is 0 Å². The summed E-state index contributed by atoms with van der Waals surface area (Å²) in [5.74, 6) is 0.526. The van der Waals surface area contributed by atoms with Crippen LogP contribution in [0.25, 0.3) is 0 Å². The van der Waals surface area contributed by atoms with Crippen LogP contribution in [0.4, 0.5) is 0 Å². The topological polar surface area (TPSA) is 72.3 Å². The highest BCUT2D eigenvalue weighted by Crippen LogP contribution is 2.04. The van der Waals surface area contributed by atoms with Crippen molar-refractivity contribution in [1.82, 2.24) is 0 Å². The highest BCUT2D eigenvalue weighted by Gasteiger charge is 2.03. The van der Waals surface area contributed by atoms with Gasteiger partial charge in [0.1, 0.15) is 0 Å². The van der Waals surface area contributed by atoms with Crippen molar-refractivity contribution in [1.29, 1.82) is 0 Å². The fraction of sp³-hybridized carbons (Fsp3) is 1.00. The standard InChI is InChI=1S/C7H18N2O/c1-6(4-8)2-3-7(9)5-10/h6-7,10H,2-5,8-9H2,1H3. The first-order valence-corrected chi connectivity index (χ1v) is 3.77. The Hall–Kier alpha value is -0.120. The van der Waals surface area contributed by atoms with Crippen LogP contribution in [0, 0.1) is 5.92 Å². The lowest BCUT2D eigenvalue weighted by Gasteiger charge is -2.11. The van der Waals surface area contributed by atoms with E-state index in [1.54, 1.807) is 0 Å². The van der Waals surface area contributed by atoms with Crippen molar-refractivity contribution in [3.05, 3.63) is 0 Å². The first-order valence-electron chi connectivity index (χ1n) is 3.77. The van der Waals surface area contributed by atoms with Gasteiger partial charge in [-0.1, -0.05) is 6.92 Å². The Bertz CT molecular complexity index is 68.0. The molecule has 5 N–H and O–H groups in total. The third-order valence-electron chi connectivity index (χ3n) is 1.67. The van der Waals surface area contributed by atoms with Crippen LogP contribution in [0.5, 0.6) is 0 Å². The van der Waals surface area contributed by atoms with E-state index < -0.39 is 0 Å². The molecule has 0 radical (unpaired) electrons. The number of hydrogen-bond acceptors (Lipinski definition) is 3. The predicted octanol–water partition coefficient (Wildman–Crippen LogP) is -0.319. The van der Waals surface area contributed by atoms with E-state index in [0.717, 1.165) is 12.8 Å². The van der Waals surface area contributed by atoms with Crippen LogP contribution in [0.2, 0.25) is 0 Å². The zero-order valence-electron chi connectivity index (χ0n) is 6.59. The maximum absolute atomic E-state index is 8.56. The summed E-state index contributed by atoms with van der Waals surface area (Å²) in [5, 5.41) is 8.56. The maximum atomic E-state index is 8.56. The highest BCUT2D eigenvalue weighted by atomic mass is 16.3. The van der Waals surface area contributed by atoms with Crippen LogP contribution in [-0.2, 0) is 0 Å². The molecular weight excluding hydrogens is 128 g/mol.